The Balaban J connectivity index is 1.65. The summed E-state index contributed by atoms with van der Waals surface area (Å²) in [6.07, 6.45) is 1.02. The van der Waals surface area contributed by atoms with Crippen molar-refractivity contribution < 1.29 is 24.7 Å². The molecule has 0 bridgehead atoms. The maximum absolute atomic E-state index is 12.7. The first kappa shape index (κ1) is 20.2. The molecule has 146 valence electrons. The number of rotatable bonds is 7. The van der Waals surface area contributed by atoms with Crippen molar-refractivity contribution in [2.75, 3.05) is 0 Å². The monoisotopic (exact) mass is 402 g/mol. The summed E-state index contributed by atoms with van der Waals surface area (Å²) in [6.45, 7) is 0. The molecule has 2 aromatic rings. The normalized spacial score (nSPS) is 15.4. The van der Waals surface area contributed by atoms with Crippen LogP contribution in [0.3, 0.4) is 0 Å². The predicted molar refractivity (Wildman–Crippen MR) is 105 cm³/mol. The maximum Gasteiger partial charge on any atom is 0.475 e. The Morgan fingerprint density at radius 2 is 1.82 bits per heavy atom. The predicted octanol–water partition coefficient (Wildman–Crippen LogP) is 1.05. The highest BCUT2D eigenvalue weighted by Gasteiger charge is 2.52. The smallest absolute Gasteiger partial charge is 0.475 e. The van der Waals surface area contributed by atoms with Gasteiger partial charge in [0.25, 0.3) is 5.91 Å². The van der Waals surface area contributed by atoms with Gasteiger partial charge in [-0.3, -0.25) is 9.59 Å². The summed E-state index contributed by atoms with van der Waals surface area (Å²) in [5.74, 6) is -1.82. The van der Waals surface area contributed by atoms with Gasteiger partial charge >= 0.3 is 7.12 Å². The highest BCUT2D eigenvalue weighted by atomic mass is 35.5. The first-order valence-electron chi connectivity index (χ1n) is 8.82. The van der Waals surface area contributed by atoms with Crippen LogP contribution in [0.5, 0.6) is 5.75 Å². The SMILES string of the molecule is O=C(NC1(C(=O)N[C@@H](Cc2cccc(O)c2)B(O)O)CC1)c1ccc(Cl)cc1. The van der Waals surface area contributed by atoms with Crippen LogP contribution in [0, 0.1) is 0 Å². The van der Waals surface area contributed by atoms with E-state index in [1.165, 1.54) is 12.1 Å². The molecular formula is C19H20BClN2O5. The first-order valence-corrected chi connectivity index (χ1v) is 9.20. The Hall–Kier alpha value is -2.55. The third-order valence-corrected chi connectivity index (χ3v) is 4.94. The van der Waals surface area contributed by atoms with Gasteiger partial charge in [0.1, 0.15) is 11.3 Å². The van der Waals surface area contributed by atoms with Crippen molar-refractivity contribution in [3.63, 3.8) is 0 Å². The molecule has 1 saturated carbocycles. The Morgan fingerprint density at radius 1 is 1.14 bits per heavy atom. The van der Waals surface area contributed by atoms with Crippen LogP contribution >= 0.6 is 11.6 Å². The average Bonchev–Trinajstić information content (AvgIpc) is 3.42. The molecule has 5 N–H and O–H groups in total. The number of hydrogen-bond donors (Lipinski definition) is 5. The van der Waals surface area contributed by atoms with Gasteiger partial charge in [-0.1, -0.05) is 23.7 Å². The van der Waals surface area contributed by atoms with Crippen LogP contribution < -0.4 is 10.6 Å². The zero-order chi connectivity index (χ0) is 20.3. The van der Waals surface area contributed by atoms with Gasteiger partial charge in [-0.05, 0) is 61.2 Å². The number of amides is 2. The largest absolute Gasteiger partial charge is 0.508 e. The lowest BCUT2D eigenvalue weighted by Gasteiger charge is -2.23. The number of halogens is 1. The lowest BCUT2D eigenvalue weighted by atomic mass is 9.75. The Kier molecular flexibility index (Phi) is 5.93. The van der Waals surface area contributed by atoms with Gasteiger partial charge in [-0.2, -0.15) is 0 Å². The number of hydrogen-bond acceptors (Lipinski definition) is 5. The number of phenolic OH excluding ortho intramolecular Hbond substituents is 1. The quantitative estimate of drug-likeness (QED) is 0.444. The van der Waals surface area contributed by atoms with E-state index in [4.69, 9.17) is 11.6 Å². The van der Waals surface area contributed by atoms with Gasteiger partial charge in [0.2, 0.25) is 5.91 Å². The lowest BCUT2D eigenvalue weighted by molar-refractivity contribution is -0.124. The van der Waals surface area contributed by atoms with E-state index in [9.17, 15) is 24.7 Å². The molecule has 1 aliphatic rings. The number of nitrogens with one attached hydrogen (secondary N) is 2. The summed E-state index contributed by atoms with van der Waals surface area (Å²) in [6, 6.07) is 12.6. The number of phenols is 1. The molecule has 0 aromatic heterocycles. The molecule has 7 nitrogen and oxygen atoms in total. The van der Waals surface area contributed by atoms with E-state index in [2.05, 4.69) is 10.6 Å². The molecule has 3 rings (SSSR count). The Labute approximate surface area is 167 Å². The third kappa shape index (κ3) is 4.84. The fraction of sp³-hybridized carbons (Fsp3) is 0.263. The summed E-state index contributed by atoms with van der Waals surface area (Å²) in [5, 5.41) is 34.6. The Morgan fingerprint density at radius 3 is 2.39 bits per heavy atom. The second-order valence-corrected chi connectivity index (χ2v) is 7.35. The van der Waals surface area contributed by atoms with Gasteiger partial charge in [0.15, 0.2) is 0 Å². The molecule has 2 amide bonds. The van der Waals surface area contributed by atoms with E-state index < -0.39 is 30.4 Å². The summed E-state index contributed by atoms with van der Waals surface area (Å²) >= 11 is 5.82. The van der Waals surface area contributed by atoms with E-state index in [1.807, 2.05) is 0 Å². The van der Waals surface area contributed by atoms with Crippen LogP contribution in [-0.2, 0) is 11.2 Å². The summed E-state index contributed by atoms with van der Waals surface area (Å²) in [5.41, 5.74) is -0.0571. The summed E-state index contributed by atoms with van der Waals surface area (Å²) in [7, 11) is -1.80. The fourth-order valence-electron chi connectivity index (χ4n) is 2.90. The van der Waals surface area contributed by atoms with Gasteiger partial charge in [0, 0.05) is 10.6 Å². The van der Waals surface area contributed by atoms with E-state index in [-0.39, 0.29) is 12.2 Å². The van der Waals surface area contributed by atoms with Gasteiger partial charge in [-0.15, -0.1) is 0 Å². The van der Waals surface area contributed by atoms with Crippen molar-refractivity contribution >= 4 is 30.5 Å². The van der Waals surface area contributed by atoms with E-state index in [1.54, 1.807) is 36.4 Å². The van der Waals surface area contributed by atoms with Gasteiger partial charge in [-0.25, -0.2) is 0 Å². The van der Waals surface area contributed by atoms with Crippen molar-refractivity contribution in [2.45, 2.75) is 30.7 Å². The Bertz CT molecular complexity index is 871. The van der Waals surface area contributed by atoms with Crippen molar-refractivity contribution in [1.82, 2.24) is 10.6 Å². The van der Waals surface area contributed by atoms with Crippen molar-refractivity contribution in [3.05, 3.63) is 64.7 Å². The van der Waals surface area contributed by atoms with E-state index >= 15 is 0 Å². The molecule has 1 aliphatic carbocycles. The van der Waals surface area contributed by atoms with E-state index in [0.717, 1.165) is 0 Å². The molecular weight excluding hydrogens is 382 g/mol. The van der Waals surface area contributed by atoms with Crippen LogP contribution in [0.15, 0.2) is 48.5 Å². The van der Waals surface area contributed by atoms with Crippen molar-refractivity contribution in [3.8, 4) is 5.75 Å². The average molecular weight is 403 g/mol. The highest BCUT2D eigenvalue weighted by Crippen LogP contribution is 2.36. The van der Waals surface area contributed by atoms with Crippen LogP contribution in [0.1, 0.15) is 28.8 Å². The summed E-state index contributed by atoms with van der Waals surface area (Å²) < 4.78 is 0. The lowest BCUT2D eigenvalue weighted by Crippen LogP contribution is -2.56. The minimum absolute atomic E-state index is 0.0453. The van der Waals surface area contributed by atoms with Crippen LogP contribution in [-0.4, -0.2) is 45.6 Å². The molecule has 28 heavy (non-hydrogen) atoms. The fourth-order valence-corrected chi connectivity index (χ4v) is 3.03. The van der Waals surface area contributed by atoms with Crippen LogP contribution in [0.2, 0.25) is 5.02 Å². The maximum atomic E-state index is 12.7. The molecule has 1 fully saturated rings. The number of aromatic hydroxyl groups is 1. The standard InChI is InChI=1S/C19H20BClN2O5/c21-14-6-4-13(5-7-14)17(25)23-19(8-9-19)18(26)22-16(20(27)28)11-12-2-1-3-15(24)10-12/h1-7,10,16,24,27-28H,8-9,11H2,(H,22,26)(H,23,25)/t16-/m0/s1. The van der Waals surface area contributed by atoms with Crippen LogP contribution in [0.25, 0.3) is 0 Å². The molecule has 0 spiro atoms. The third-order valence-electron chi connectivity index (χ3n) is 4.69. The number of benzene rings is 2. The molecule has 0 radical (unpaired) electrons. The minimum Gasteiger partial charge on any atom is -0.508 e. The molecule has 9 heteroatoms. The molecule has 0 saturated heterocycles. The minimum atomic E-state index is -1.80. The molecule has 0 heterocycles. The second-order valence-electron chi connectivity index (χ2n) is 6.91. The van der Waals surface area contributed by atoms with E-state index in [0.29, 0.717) is 29.0 Å². The first-order chi connectivity index (χ1) is 13.3. The zero-order valence-corrected chi connectivity index (χ0v) is 15.7. The molecule has 2 aromatic carbocycles. The van der Waals surface area contributed by atoms with Crippen molar-refractivity contribution in [2.24, 2.45) is 0 Å². The summed E-state index contributed by atoms with van der Waals surface area (Å²) in [4.78, 5) is 25.1. The zero-order valence-electron chi connectivity index (χ0n) is 14.9. The van der Waals surface area contributed by atoms with Crippen LogP contribution in [0.4, 0.5) is 0 Å². The van der Waals surface area contributed by atoms with Gasteiger partial charge < -0.3 is 25.8 Å². The second kappa shape index (κ2) is 8.22. The molecule has 0 unspecified atom stereocenters. The van der Waals surface area contributed by atoms with Gasteiger partial charge in [0.05, 0.1) is 5.94 Å². The topological polar surface area (TPSA) is 119 Å². The molecule has 0 aliphatic heterocycles. The number of carbonyl (C=O) groups is 2. The number of carbonyl (C=O) groups excluding carboxylic acids is 2. The molecule has 1 atom stereocenters. The van der Waals surface area contributed by atoms with Crippen molar-refractivity contribution in [1.29, 1.82) is 0 Å². The highest BCUT2D eigenvalue weighted by molar-refractivity contribution is 6.43.